The van der Waals surface area contributed by atoms with E-state index >= 15 is 0 Å². The zero-order chi connectivity index (χ0) is 10.8. The van der Waals surface area contributed by atoms with Gasteiger partial charge in [-0.25, -0.2) is 0 Å². The van der Waals surface area contributed by atoms with Crippen molar-refractivity contribution >= 4 is 11.6 Å². The monoisotopic (exact) mass is 223 g/mol. The first-order valence-corrected chi connectivity index (χ1v) is 6.03. The predicted octanol–water partition coefficient (Wildman–Crippen LogP) is 3.42. The van der Waals surface area contributed by atoms with Crippen LogP contribution in [0.15, 0.2) is 12.1 Å². The average Bonchev–Trinajstić information content (AvgIpc) is 2.17. The Morgan fingerprint density at radius 3 is 2.73 bits per heavy atom. The number of rotatable bonds is 1. The van der Waals surface area contributed by atoms with Crippen LogP contribution in [0.25, 0.3) is 0 Å². The highest BCUT2D eigenvalue weighted by Gasteiger charge is 2.19. The molecule has 1 aromatic carbocycles. The molecule has 0 saturated carbocycles. The highest BCUT2D eigenvalue weighted by Crippen LogP contribution is 2.32. The standard InChI is InChI=1S/C13H18ClN/c1-9-6-10(2)13(12(14)7-9)11-4-3-5-15-8-11/h6-7,11,15H,3-5,8H2,1-2H3. The van der Waals surface area contributed by atoms with Gasteiger partial charge in [-0.15, -0.1) is 0 Å². The Kier molecular flexibility index (Phi) is 3.32. The number of benzene rings is 1. The first-order chi connectivity index (χ1) is 7.18. The van der Waals surface area contributed by atoms with Crippen molar-refractivity contribution in [3.05, 3.63) is 33.8 Å². The molecule has 0 radical (unpaired) electrons. The summed E-state index contributed by atoms with van der Waals surface area (Å²) in [7, 11) is 0. The van der Waals surface area contributed by atoms with Crippen LogP contribution in [0.2, 0.25) is 5.02 Å². The third kappa shape index (κ3) is 2.35. The molecule has 0 amide bonds. The lowest BCUT2D eigenvalue weighted by Gasteiger charge is -2.25. The first-order valence-electron chi connectivity index (χ1n) is 5.66. The van der Waals surface area contributed by atoms with E-state index in [1.807, 2.05) is 0 Å². The second kappa shape index (κ2) is 4.54. The van der Waals surface area contributed by atoms with Crippen molar-refractivity contribution in [3.63, 3.8) is 0 Å². The largest absolute Gasteiger partial charge is 0.316 e. The molecule has 2 rings (SSSR count). The van der Waals surface area contributed by atoms with Gasteiger partial charge in [-0.05, 0) is 61.9 Å². The van der Waals surface area contributed by atoms with Crippen molar-refractivity contribution < 1.29 is 0 Å². The molecule has 1 fully saturated rings. The number of piperidine rings is 1. The van der Waals surface area contributed by atoms with Gasteiger partial charge in [0.25, 0.3) is 0 Å². The Bertz CT molecular complexity index is 331. The van der Waals surface area contributed by atoms with Crippen molar-refractivity contribution in [2.75, 3.05) is 13.1 Å². The molecule has 1 aliphatic rings. The molecule has 1 aliphatic heterocycles. The van der Waals surface area contributed by atoms with E-state index in [2.05, 4.69) is 31.3 Å². The summed E-state index contributed by atoms with van der Waals surface area (Å²) in [5.41, 5.74) is 3.95. The molecule has 1 N–H and O–H groups in total. The molecule has 15 heavy (non-hydrogen) atoms. The molecule has 1 aromatic rings. The molecule has 82 valence electrons. The van der Waals surface area contributed by atoms with Crippen molar-refractivity contribution in [1.29, 1.82) is 0 Å². The number of halogens is 1. The van der Waals surface area contributed by atoms with Crippen LogP contribution >= 0.6 is 11.6 Å². The minimum atomic E-state index is 0.604. The highest BCUT2D eigenvalue weighted by atomic mass is 35.5. The summed E-state index contributed by atoms with van der Waals surface area (Å²) in [6.45, 7) is 6.49. The summed E-state index contributed by atoms with van der Waals surface area (Å²) in [4.78, 5) is 0. The highest BCUT2D eigenvalue weighted by molar-refractivity contribution is 6.31. The van der Waals surface area contributed by atoms with Crippen LogP contribution in [-0.2, 0) is 0 Å². The Hall–Kier alpha value is -0.530. The van der Waals surface area contributed by atoms with Crippen LogP contribution < -0.4 is 5.32 Å². The van der Waals surface area contributed by atoms with Gasteiger partial charge in [-0.3, -0.25) is 0 Å². The summed E-state index contributed by atoms with van der Waals surface area (Å²) < 4.78 is 0. The Morgan fingerprint density at radius 1 is 1.33 bits per heavy atom. The molecular formula is C13H18ClN. The number of aryl methyl sites for hydroxylation is 2. The van der Waals surface area contributed by atoms with Gasteiger partial charge in [0.2, 0.25) is 0 Å². The summed E-state index contributed by atoms with van der Waals surface area (Å²) in [5.74, 6) is 0.604. The second-order valence-electron chi connectivity index (χ2n) is 4.52. The maximum atomic E-state index is 6.34. The lowest BCUT2D eigenvalue weighted by molar-refractivity contribution is 0.460. The molecule has 0 aliphatic carbocycles. The number of nitrogens with one attached hydrogen (secondary N) is 1. The average molecular weight is 224 g/mol. The lowest BCUT2D eigenvalue weighted by atomic mass is 9.88. The minimum absolute atomic E-state index is 0.604. The summed E-state index contributed by atoms with van der Waals surface area (Å²) in [5, 5.41) is 4.39. The van der Waals surface area contributed by atoms with Gasteiger partial charge < -0.3 is 5.32 Å². The SMILES string of the molecule is Cc1cc(C)c(C2CCCNC2)c(Cl)c1. The fourth-order valence-corrected chi connectivity index (χ4v) is 3.02. The Labute approximate surface area is 96.8 Å². The van der Waals surface area contributed by atoms with Gasteiger partial charge in [0, 0.05) is 11.6 Å². The van der Waals surface area contributed by atoms with E-state index in [0.717, 1.165) is 18.1 Å². The fraction of sp³-hybridized carbons (Fsp3) is 0.538. The molecule has 0 spiro atoms. The van der Waals surface area contributed by atoms with Crippen molar-refractivity contribution in [3.8, 4) is 0 Å². The third-order valence-electron chi connectivity index (χ3n) is 3.19. The normalized spacial score (nSPS) is 21.7. The van der Waals surface area contributed by atoms with Crippen LogP contribution in [-0.4, -0.2) is 13.1 Å². The molecule has 1 heterocycles. The smallest absolute Gasteiger partial charge is 0.0446 e. The molecule has 1 unspecified atom stereocenters. The van der Waals surface area contributed by atoms with Crippen LogP contribution in [0.4, 0.5) is 0 Å². The first kappa shape index (κ1) is 11.0. The van der Waals surface area contributed by atoms with Crippen LogP contribution in [0.3, 0.4) is 0 Å². The minimum Gasteiger partial charge on any atom is -0.316 e. The van der Waals surface area contributed by atoms with Gasteiger partial charge in [-0.1, -0.05) is 17.7 Å². The molecule has 1 nitrogen and oxygen atoms in total. The van der Waals surface area contributed by atoms with Gasteiger partial charge in [-0.2, -0.15) is 0 Å². The fourth-order valence-electron chi connectivity index (χ4n) is 2.54. The summed E-state index contributed by atoms with van der Waals surface area (Å²) in [6.07, 6.45) is 2.52. The van der Waals surface area contributed by atoms with Gasteiger partial charge >= 0.3 is 0 Å². The summed E-state index contributed by atoms with van der Waals surface area (Å²) in [6, 6.07) is 4.31. The lowest BCUT2D eigenvalue weighted by Crippen LogP contribution is -2.28. The van der Waals surface area contributed by atoms with E-state index in [1.165, 1.54) is 29.5 Å². The quantitative estimate of drug-likeness (QED) is 0.770. The molecule has 1 atom stereocenters. The third-order valence-corrected chi connectivity index (χ3v) is 3.50. The van der Waals surface area contributed by atoms with Gasteiger partial charge in [0.05, 0.1) is 0 Å². The van der Waals surface area contributed by atoms with Crippen LogP contribution in [0.5, 0.6) is 0 Å². The van der Waals surface area contributed by atoms with Crippen molar-refractivity contribution in [2.24, 2.45) is 0 Å². The van der Waals surface area contributed by atoms with Crippen molar-refractivity contribution in [1.82, 2.24) is 5.32 Å². The predicted molar refractivity (Wildman–Crippen MR) is 65.8 cm³/mol. The maximum Gasteiger partial charge on any atom is 0.0446 e. The van der Waals surface area contributed by atoms with E-state index in [-0.39, 0.29) is 0 Å². The van der Waals surface area contributed by atoms with E-state index in [0.29, 0.717) is 5.92 Å². The molecule has 1 saturated heterocycles. The number of hydrogen-bond donors (Lipinski definition) is 1. The topological polar surface area (TPSA) is 12.0 Å². The maximum absolute atomic E-state index is 6.34. The molecule has 0 aromatic heterocycles. The van der Waals surface area contributed by atoms with E-state index in [4.69, 9.17) is 11.6 Å². The second-order valence-corrected chi connectivity index (χ2v) is 4.93. The number of hydrogen-bond acceptors (Lipinski definition) is 1. The van der Waals surface area contributed by atoms with Crippen LogP contribution in [0, 0.1) is 13.8 Å². The van der Waals surface area contributed by atoms with Gasteiger partial charge in [0.15, 0.2) is 0 Å². The Balaban J connectivity index is 2.33. The van der Waals surface area contributed by atoms with E-state index in [9.17, 15) is 0 Å². The zero-order valence-electron chi connectivity index (χ0n) is 9.44. The molecule has 0 bridgehead atoms. The van der Waals surface area contributed by atoms with E-state index < -0.39 is 0 Å². The van der Waals surface area contributed by atoms with E-state index in [1.54, 1.807) is 0 Å². The van der Waals surface area contributed by atoms with Crippen LogP contribution in [0.1, 0.15) is 35.4 Å². The summed E-state index contributed by atoms with van der Waals surface area (Å²) >= 11 is 6.34. The van der Waals surface area contributed by atoms with Crippen molar-refractivity contribution in [2.45, 2.75) is 32.6 Å². The molecular weight excluding hydrogens is 206 g/mol. The zero-order valence-corrected chi connectivity index (χ0v) is 10.2. The molecule has 2 heteroatoms. The Morgan fingerprint density at radius 2 is 2.13 bits per heavy atom. The van der Waals surface area contributed by atoms with Gasteiger partial charge in [0.1, 0.15) is 0 Å².